The zero-order valence-corrected chi connectivity index (χ0v) is 13.1. The molecule has 5 heteroatoms. The summed E-state index contributed by atoms with van der Waals surface area (Å²) in [6.07, 6.45) is 5.20. The van der Waals surface area contributed by atoms with Crippen LogP contribution in [0.3, 0.4) is 0 Å². The fourth-order valence-corrected chi connectivity index (χ4v) is 3.22. The lowest BCUT2D eigenvalue weighted by Crippen LogP contribution is -2.31. The van der Waals surface area contributed by atoms with E-state index in [9.17, 15) is 0 Å². The highest BCUT2D eigenvalue weighted by molar-refractivity contribution is 5.44. The molecular formula is C17H22N4O. The maximum absolute atomic E-state index is 9.01. The Morgan fingerprint density at radius 2 is 2.36 bits per heavy atom. The summed E-state index contributed by atoms with van der Waals surface area (Å²) in [6, 6.07) is 5.84. The first-order valence-electron chi connectivity index (χ1n) is 7.87. The van der Waals surface area contributed by atoms with Crippen LogP contribution >= 0.6 is 0 Å². The van der Waals surface area contributed by atoms with Crippen LogP contribution in [0.2, 0.25) is 0 Å². The minimum atomic E-state index is 0.361. The Kier molecular flexibility index (Phi) is 4.41. The number of hydrogen-bond acceptors (Lipinski definition) is 4. The average Bonchev–Trinajstić information content (AvgIpc) is 3.14. The number of nitrogens with one attached hydrogen (secondary N) is 1. The normalized spacial score (nSPS) is 21.5. The number of hydrogen-bond donors (Lipinski definition) is 1. The molecule has 2 atom stereocenters. The zero-order chi connectivity index (χ0) is 15.5. The molecule has 2 aromatic heterocycles. The Hall–Kier alpha value is -1.90. The standard InChI is InChI=1S/C17H22N4O/c1-12(2)17-14(5-6-22-17)8-19-9-15-10-20-16-4-3-13(7-18)11-21(15)16/h3-4,10-12,14,17,19H,5-6,8-9H2,1-2H3/t14-,17-/m1/s1. The maximum Gasteiger partial charge on any atom is 0.137 e. The molecule has 0 unspecified atom stereocenters. The number of nitriles is 1. The first kappa shape index (κ1) is 15.0. The molecule has 3 heterocycles. The van der Waals surface area contributed by atoms with Gasteiger partial charge in [-0.25, -0.2) is 4.98 Å². The molecule has 0 amide bonds. The number of pyridine rings is 1. The summed E-state index contributed by atoms with van der Waals surface area (Å²) in [5.74, 6) is 1.14. The van der Waals surface area contributed by atoms with Crippen LogP contribution in [0, 0.1) is 23.2 Å². The molecular weight excluding hydrogens is 276 g/mol. The van der Waals surface area contributed by atoms with E-state index in [0.717, 1.165) is 37.5 Å². The van der Waals surface area contributed by atoms with Gasteiger partial charge in [-0.15, -0.1) is 0 Å². The van der Waals surface area contributed by atoms with Crippen molar-refractivity contribution in [3.63, 3.8) is 0 Å². The van der Waals surface area contributed by atoms with Crippen molar-refractivity contribution in [3.8, 4) is 6.07 Å². The number of rotatable bonds is 5. The van der Waals surface area contributed by atoms with Gasteiger partial charge in [0.15, 0.2) is 0 Å². The van der Waals surface area contributed by atoms with Crippen LogP contribution in [-0.4, -0.2) is 28.6 Å². The summed E-state index contributed by atoms with van der Waals surface area (Å²) in [4.78, 5) is 4.38. The minimum Gasteiger partial charge on any atom is -0.378 e. The van der Waals surface area contributed by atoms with Crippen molar-refractivity contribution in [1.82, 2.24) is 14.7 Å². The van der Waals surface area contributed by atoms with E-state index in [1.54, 1.807) is 6.07 Å². The van der Waals surface area contributed by atoms with E-state index < -0.39 is 0 Å². The van der Waals surface area contributed by atoms with Crippen LogP contribution in [0.15, 0.2) is 24.5 Å². The molecule has 0 bridgehead atoms. The topological polar surface area (TPSA) is 62.3 Å². The number of aromatic nitrogens is 2. The Bertz CT molecular complexity index is 686. The predicted octanol–water partition coefficient (Wildman–Crippen LogP) is 2.36. The van der Waals surface area contributed by atoms with Gasteiger partial charge in [-0.05, 0) is 30.4 Å². The summed E-state index contributed by atoms with van der Waals surface area (Å²) in [5.41, 5.74) is 2.60. The Labute approximate surface area is 130 Å². The molecule has 5 nitrogen and oxygen atoms in total. The van der Waals surface area contributed by atoms with Gasteiger partial charge in [0.05, 0.1) is 23.6 Å². The molecule has 1 aliphatic heterocycles. The maximum atomic E-state index is 9.01. The monoisotopic (exact) mass is 298 g/mol. The van der Waals surface area contributed by atoms with E-state index in [2.05, 4.69) is 30.2 Å². The van der Waals surface area contributed by atoms with Gasteiger partial charge in [0.1, 0.15) is 11.7 Å². The molecule has 0 saturated carbocycles. The second-order valence-electron chi connectivity index (χ2n) is 6.27. The van der Waals surface area contributed by atoms with Gasteiger partial charge < -0.3 is 14.5 Å². The SMILES string of the molecule is CC(C)[C@H]1OCC[C@@H]1CNCc1cnc2ccc(C#N)cn12. The lowest BCUT2D eigenvalue weighted by Gasteiger charge is -2.22. The summed E-state index contributed by atoms with van der Waals surface area (Å²) >= 11 is 0. The lowest BCUT2D eigenvalue weighted by molar-refractivity contribution is 0.0539. The minimum absolute atomic E-state index is 0.361. The summed E-state index contributed by atoms with van der Waals surface area (Å²) in [5, 5.41) is 12.5. The average molecular weight is 298 g/mol. The van der Waals surface area contributed by atoms with Gasteiger partial charge in [0, 0.05) is 25.9 Å². The predicted molar refractivity (Wildman–Crippen MR) is 84.3 cm³/mol. The number of ether oxygens (including phenoxy) is 1. The Balaban J connectivity index is 1.63. The van der Waals surface area contributed by atoms with Crippen LogP contribution in [0.25, 0.3) is 5.65 Å². The summed E-state index contributed by atoms with van der Waals surface area (Å²) in [6.45, 7) is 7.01. The molecule has 1 aliphatic rings. The van der Waals surface area contributed by atoms with Crippen molar-refractivity contribution in [2.24, 2.45) is 11.8 Å². The van der Waals surface area contributed by atoms with Crippen molar-refractivity contribution in [2.45, 2.75) is 32.9 Å². The number of imidazole rings is 1. The quantitative estimate of drug-likeness (QED) is 0.920. The highest BCUT2D eigenvalue weighted by Gasteiger charge is 2.30. The van der Waals surface area contributed by atoms with E-state index in [0.29, 0.717) is 23.5 Å². The first-order valence-corrected chi connectivity index (χ1v) is 7.87. The second-order valence-corrected chi connectivity index (χ2v) is 6.27. The summed E-state index contributed by atoms with van der Waals surface area (Å²) in [7, 11) is 0. The van der Waals surface area contributed by atoms with Crippen molar-refractivity contribution < 1.29 is 4.74 Å². The highest BCUT2D eigenvalue weighted by atomic mass is 16.5. The van der Waals surface area contributed by atoms with Crippen molar-refractivity contribution in [3.05, 3.63) is 35.8 Å². The second kappa shape index (κ2) is 6.47. The largest absolute Gasteiger partial charge is 0.378 e. The zero-order valence-electron chi connectivity index (χ0n) is 13.1. The molecule has 0 aliphatic carbocycles. The van der Waals surface area contributed by atoms with Crippen molar-refractivity contribution >= 4 is 5.65 Å². The third kappa shape index (κ3) is 2.99. The van der Waals surface area contributed by atoms with Crippen LogP contribution < -0.4 is 5.32 Å². The summed E-state index contributed by atoms with van der Waals surface area (Å²) < 4.78 is 7.80. The molecule has 2 aromatic rings. The smallest absolute Gasteiger partial charge is 0.137 e. The van der Waals surface area contributed by atoms with E-state index in [1.807, 2.05) is 22.9 Å². The fraction of sp³-hybridized carbons (Fsp3) is 0.529. The van der Waals surface area contributed by atoms with E-state index in [4.69, 9.17) is 10.00 Å². The van der Waals surface area contributed by atoms with E-state index in [1.165, 1.54) is 0 Å². The third-order valence-corrected chi connectivity index (χ3v) is 4.34. The van der Waals surface area contributed by atoms with Crippen molar-refractivity contribution in [2.75, 3.05) is 13.2 Å². The van der Waals surface area contributed by atoms with Gasteiger partial charge >= 0.3 is 0 Å². The number of nitrogens with zero attached hydrogens (tertiary/aromatic N) is 3. The lowest BCUT2D eigenvalue weighted by atomic mass is 9.93. The first-order chi connectivity index (χ1) is 10.7. The van der Waals surface area contributed by atoms with Gasteiger partial charge in [0.25, 0.3) is 0 Å². The molecule has 0 aromatic carbocycles. The fourth-order valence-electron chi connectivity index (χ4n) is 3.22. The highest BCUT2D eigenvalue weighted by Crippen LogP contribution is 2.26. The van der Waals surface area contributed by atoms with Crippen LogP contribution in [0.5, 0.6) is 0 Å². The molecule has 3 rings (SSSR count). The van der Waals surface area contributed by atoms with Gasteiger partial charge in [-0.2, -0.15) is 5.26 Å². The van der Waals surface area contributed by atoms with Crippen LogP contribution in [0.1, 0.15) is 31.5 Å². The van der Waals surface area contributed by atoms with E-state index in [-0.39, 0.29) is 0 Å². The molecule has 1 N–H and O–H groups in total. The van der Waals surface area contributed by atoms with Crippen molar-refractivity contribution in [1.29, 1.82) is 5.26 Å². The third-order valence-electron chi connectivity index (χ3n) is 4.34. The van der Waals surface area contributed by atoms with Gasteiger partial charge in [-0.3, -0.25) is 0 Å². The van der Waals surface area contributed by atoms with Gasteiger partial charge in [0.2, 0.25) is 0 Å². The van der Waals surface area contributed by atoms with E-state index >= 15 is 0 Å². The molecule has 22 heavy (non-hydrogen) atoms. The Morgan fingerprint density at radius 3 is 3.14 bits per heavy atom. The van der Waals surface area contributed by atoms with Crippen LogP contribution in [0.4, 0.5) is 0 Å². The molecule has 0 radical (unpaired) electrons. The molecule has 1 fully saturated rings. The molecule has 1 saturated heterocycles. The Morgan fingerprint density at radius 1 is 1.50 bits per heavy atom. The van der Waals surface area contributed by atoms with Gasteiger partial charge in [-0.1, -0.05) is 13.8 Å². The van der Waals surface area contributed by atoms with Crippen LogP contribution in [-0.2, 0) is 11.3 Å². The number of fused-ring (bicyclic) bond motifs is 1. The molecule has 116 valence electrons. The molecule has 0 spiro atoms.